The zero-order valence-corrected chi connectivity index (χ0v) is 15.0. The number of hydrogen-bond donors (Lipinski definition) is 2. The molecule has 2 aromatic heterocycles. The second-order valence-electron chi connectivity index (χ2n) is 5.60. The van der Waals surface area contributed by atoms with E-state index in [0.29, 0.717) is 11.6 Å². The fourth-order valence-electron chi connectivity index (χ4n) is 2.60. The highest BCUT2D eigenvalue weighted by Crippen LogP contribution is 2.29. The molecule has 0 amide bonds. The molecule has 0 aliphatic heterocycles. The van der Waals surface area contributed by atoms with Crippen molar-refractivity contribution in [2.24, 2.45) is 0 Å². The molecule has 2 aromatic carbocycles. The monoisotopic (exact) mass is 376 g/mol. The molecule has 0 atom stereocenters. The zero-order chi connectivity index (χ0) is 18.6. The Morgan fingerprint density at radius 1 is 0.778 bits per heavy atom. The number of thioether (sulfide) groups is 1. The summed E-state index contributed by atoms with van der Waals surface area (Å²) in [6, 6.07) is 19.9. The van der Waals surface area contributed by atoms with Crippen LogP contribution in [0.15, 0.2) is 65.8 Å². The van der Waals surface area contributed by atoms with Crippen LogP contribution >= 0.6 is 11.8 Å². The molecule has 4 N–H and O–H groups in total. The van der Waals surface area contributed by atoms with Crippen LogP contribution < -0.4 is 11.5 Å². The molecule has 4 rings (SSSR count). The predicted molar refractivity (Wildman–Crippen MR) is 105 cm³/mol. The van der Waals surface area contributed by atoms with Crippen LogP contribution in [-0.2, 0) is 5.75 Å². The van der Waals surface area contributed by atoms with E-state index in [1.165, 1.54) is 11.8 Å². The van der Waals surface area contributed by atoms with Crippen molar-refractivity contribution < 1.29 is 0 Å². The highest BCUT2D eigenvalue weighted by Gasteiger charge is 2.16. The molecule has 0 saturated heterocycles. The van der Waals surface area contributed by atoms with Gasteiger partial charge in [-0.15, -0.1) is 10.2 Å². The van der Waals surface area contributed by atoms with Crippen LogP contribution in [0.1, 0.15) is 5.82 Å². The Morgan fingerprint density at radius 3 is 2.07 bits per heavy atom. The molecule has 27 heavy (non-hydrogen) atoms. The number of rotatable bonds is 5. The Hall–Kier alpha value is -3.46. The number of aromatic nitrogens is 6. The van der Waals surface area contributed by atoms with Crippen molar-refractivity contribution in [3.05, 3.63) is 66.5 Å². The van der Waals surface area contributed by atoms with Crippen molar-refractivity contribution in [2.75, 3.05) is 11.5 Å². The maximum atomic E-state index is 5.64. The van der Waals surface area contributed by atoms with Gasteiger partial charge in [-0.3, -0.25) is 4.57 Å². The topological polar surface area (TPSA) is 121 Å². The first-order valence-corrected chi connectivity index (χ1v) is 9.14. The summed E-state index contributed by atoms with van der Waals surface area (Å²) in [6.07, 6.45) is 0. The minimum Gasteiger partial charge on any atom is -0.368 e. The molecule has 9 heteroatoms. The summed E-state index contributed by atoms with van der Waals surface area (Å²) in [7, 11) is 0. The van der Waals surface area contributed by atoms with Gasteiger partial charge in [0.15, 0.2) is 11.0 Å². The molecule has 0 unspecified atom stereocenters. The molecule has 134 valence electrons. The first kappa shape index (κ1) is 17.0. The van der Waals surface area contributed by atoms with Crippen molar-refractivity contribution >= 4 is 23.7 Å². The fourth-order valence-corrected chi connectivity index (χ4v) is 3.40. The average Bonchev–Trinajstić information content (AvgIpc) is 3.11. The van der Waals surface area contributed by atoms with E-state index in [0.717, 1.165) is 22.2 Å². The first-order valence-electron chi connectivity index (χ1n) is 8.15. The summed E-state index contributed by atoms with van der Waals surface area (Å²) in [5.74, 6) is 1.91. The van der Waals surface area contributed by atoms with Crippen LogP contribution in [0, 0.1) is 0 Å². The standard InChI is InChI=1S/C18H16N8S/c19-16-21-14(22-17(20)23-16)11-27-18-25-24-15(12-7-3-1-4-8-12)26(18)13-9-5-2-6-10-13/h1-10H,11H2,(H4,19,20,21,22,23). The van der Waals surface area contributed by atoms with Crippen molar-refractivity contribution in [3.63, 3.8) is 0 Å². The maximum absolute atomic E-state index is 5.64. The van der Waals surface area contributed by atoms with Crippen molar-refractivity contribution in [3.8, 4) is 17.1 Å². The minimum atomic E-state index is 0.104. The van der Waals surface area contributed by atoms with E-state index in [2.05, 4.69) is 25.1 Å². The summed E-state index contributed by atoms with van der Waals surface area (Å²) in [4.78, 5) is 12.0. The molecule has 0 aliphatic rings. The summed E-state index contributed by atoms with van der Waals surface area (Å²) >= 11 is 1.45. The summed E-state index contributed by atoms with van der Waals surface area (Å²) in [5, 5.41) is 9.49. The Kier molecular flexibility index (Phi) is 4.67. The molecule has 0 spiro atoms. The van der Waals surface area contributed by atoms with Gasteiger partial charge in [-0.25, -0.2) is 0 Å². The summed E-state index contributed by atoms with van der Waals surface area (Å²) in [6.45, 7) is 0. The molecule has 0 aliphatic carbocycles. The average molecular weight is 376 g/mol. The fraction of sp³-hybridized carbons (Fsp3) is 0.0556. The lowest BCUT2D eigenvalue weighted by Gasteiger charge is -2.10. The number of nitrogens with zero attached hydrogens (tertiary/aromatic N) is 6. The number of benzene rings is 2. The summed E-state index contributed by atoms with van der Waals surface area (Å²) in [5.41, 5.74) is 13.2. The second-order valence-corrected chi connectivity index (χ2v) is 6.54. The van der Waals surface area contributed by atoms with Crippen LogP contribution in [0.3, 0.4) is 0 Å². The van der Waals surface area contributed by atoms with E-state index < -0.39 is 0 Å². The molecule has 4 aromatic rings. The van der Waals surface area contributed by atoms with Gasteiger partial charge in [0.05, 0.1) is 5.75 Å². The number of nitrogen functional groups attached to an aromatic ring is 2. The predicted octanol–water partition coefficient (Wildman–Crippen LogP) is 2.58. The lowest BCUT2D eigenvalue weighted by atomic mass is 10.2. The largest absolute Gasteiger partial charge is 0.368 e. The van der Waals surface area contributed by atoms with E-state index in [1.54, 1.807) is 0 Å². The van der Waals surface area contributed by atoms with Gasteiger partial charge in [0.2, 0.25) is 11.9 Å². The third-order valence-electron chi connectivity index (χ3n) is 3.73. The molecular weight excluding hydrogens is 360 g/mol. The third kappa shape index (κ3) is 3.72. The molecule has 0 saturated carbocycles. The van der Waals surface area contributed by atoms with E-state index in [1.807, 2.05) is 65.2 Å². The Bertz CT molecular complexity index is 1030. The molecular formula is C18H16N8S. The van der Waals surface area contributed by atoms with Gasteiger partial charge in [0.25, 0.3) is 0 Å². The lowest BCUT2D eigenvalue weighted by Crippen LogP contribution is -2.06. The molecule has 8 nitrogen and oxygen atoms in total. The van der Waals surface area contributed by atoms with Crippen LogP contribution in [0.25, 0.3) is 17.1 Å². The van der Waals surface area contributed by atoms with Crippen molar-refractivity contribution in [2.45, 2.75) is 10.9 Å². The highest BCUT2D eigenvalue weighted by molar-refractivity contribution is 7.98. The Balaban J connectivity index is 1.71. The SMILES string of the molecule is Nc1nc(N)nc(CSc2nnc(-c3ccccc3)n2-c2ccccc2)n1. The van der Waals surface area contributed by atoms with E-state index in [-0.39, 0.29) is 11.9 Å². The van der Waals surface area contributed by atoms with Crippen LogP contribution in [-0.4, -0.2) is 29.7 Å². The Morgan fingerprint density at radius 2 is 1.41 bits per heavy atom. The van der Waals surface area contributed by atoms with Gasteiger partial charge in [-0.05, 0) is 12.1 Å². The molecule has 0 radical (unpaired) electrons. The van der Waals surface area contributed by atoms with E-state index in [9.17, 15) is 0 Å². The van der Waals surface area contributed by atoms with Gasteiger partial charge >= 0.3 is 0 Å². The number of para-hydroxylation sites is 1. The number of nitrogens with two attached hydrogens (primary N) is 2. The zero-order valence-electron chi connectivity index (χ0n) is 14.2. The number of hydrogen-bond acceptors (Lipinski definition) is 8. The van der Waals surface area contributed by atoms with Gasteiger partial charge in [-0.2, -0.15) is 15.0 Å². The lowest BCUT2D eigenvalue weighted by molar-refractivity contribution is 0.882. The first-order chi connectivity index (χ1) is 13.2. The minimum absolute atomic E-state index is 0.104. The summed E-state index contributed by atoms with van der Waals surface area (Å²) < 4.78 is 2.01. The van der Waals surface area contributed by atoms with Crippen molar-refractivity contribution in [1.82, 2.24) is 29.7 Å². The van der Waals surface area contributed by atoms with Gasteiger partial charge in [-0.1, -0.05) is 60.3 Å². The smallest absolute Gasteiger partial charge is 0.225 e. The van der Waals surface area contributed by atoms with E-state index in [4.69, 9.17) is 11.5 Å². The number of anilines is 2. The second kappa shape index (κ2) is 7.42. The van der Waals surface area contributed by atoms with Gasteiger partial charge < -0.3 is 11.5 Å². The third-order valence-corrected chi connectivity index (χ3v) is 4.65. The van der Waals surface area contributed by atoms with Gasteiger partial charge in [0, 0.05) is 11.3 Å². The molecule has 0 bridgehead atoms. The van der Waals surface area contributed by atoms with Gasteiger partial charge in [0.1, 0.15) is 5.82 Å². The highest BCUT2D eigenvalue weighted by atomic mass is 32.2. The quantitative estimate of drug-likeness (QED) is 0.510. The van der Waals surface area contributed by atoms with Crippen LogP contribution in [0.5, 0.6) is 0 Å². The molecule has 2 heterocycles. The van der Waals surface area contributed by atoms with Crippen LogP contribution in [0.2, 0.25) is 0 Å². The maximum Gasteiger partial charge on any atom is 0.225 e. The normalized spacial score (nSPS) is 10.8. The van der Waals surface area contributed by atoms with Crippen molar-refractivity contribution in [1.29, 1.82) is 0 Å². The van der Waals surface area contributed by atoms with E-state index >= 15 is 0 Å². The Labute approximate surface area is 159 Å². The molecule has 0 fully saturated rings. The van der Waals surface area contributed by atoms with Crippen LogP contribution in [0.4, 0.5) is 11.9 Å².